The molecule has 21 heavy (non-hydrogen) atoms. The number of nitrogens with zero attached hydrogens (tertiary/aromatic N) is 1. The van der Waals surface area contributed by atoms with Gasteiger partial charge in [-0.15, -0.1) is 0 Å². The molecule has 0 bridgehead atoms. The smallest absolute Gasteiger partial charge is 0.260 e. The van der Waals surface area contributed by atoms with E-state index < -0.39 is 0 Å². The molecule has 0 spiro atoms. The molecule has 0 aliphatic carbocycles. The fraction of sp³-hybridized carbons (Fsp3) is 0.438. The molecule has 0 amide bonds. The Hall–Kier alpha value is -1.33. The van der Waals surface area contributed by atoms with Crippen molar-refractivity contribution in [3.63, 3.8) is 0 Å². The number of hydrogen-bond acceptors (Lipinski definition) is 4. The molecule has 0 saturated carbocycles. The van der Waals surface area contributed by atoms with Crippen LogP contribution in [0.1, 0.15) is 43.1 Å². The minimum absolute atomic E-state index is 0.0820. The van der Waals surface area contributed by atoms with E-state index in [0.29, 0.717) is 10.8 Å². The summed E-state index contributed by atoms with van der Waals surface area (Å²) >= 11 is 1.44. The molecular formula is C16H21FN2OS. The molecule has 1 aromatic heterocycles. The van der Waals surface area contributed by atoms with E-state index >= 15 is 0 Å². The topological polar surface area (TPSA) is 38.1 Å². The van der Waals surface area contributed by atoms with Crippen molar-refractivity contribution in [2.24, 2.45) is 0 Å². The molecule has 1 unspecified atom stereocenters. The van der Waals surface area contributed by atoms with Crippen LogP contribution in [0.25, 0.3) is 0 Å². The van der Waals surface area contributed by atoms with Crippen molar-refractivity contribution in [3.05, 3.63) is 41.0 Å². The molecule has 0 aliphatic heterocycles. The standard InChI is InChI=1S/C16H21FN2OS/c1-5-6-18-12(4)13-8-14(17)10(2)7-15(13)21-16-19-11(3)9-20-16/h7-9,12,18H,5-6H2,1-4H3. The predicted octanol–water partition coefficient (Wildman–Crippen LogP) is 4.64. The molecule has 1 atom stereocenters. The van der Waals surface area contributed by atoms with Gasteiger partial charge in [0.1, 0.15) is 12.1 Å². The second-order valence-corrected chi connectivity index (χ2v) is 6.17. The fourth-order valence-corrected chi connectivity index (χ4v) is 3.10. The third-order valence-corrected chi connectivity index (χ3v) is 4.19. The fourth-order valence-electron chi connectivity index (χ4n) is 2.04. The Morgan fingerprint density at radius 3 is 2.76 bits per heavy atom. The van der Waals surface area contributed by atoms with Crippen molar-refractivity contribution in [1.29, 1.82) is 0 Å². The summed E-state index contributed by atoms with van der Waals surface area (Å²) in [5, 5.41) is 3.98. The molecule has 3 nitrogen and oxygen atoms in total. The van der Waals surface area contributed by atoms with Crippen LogP contribution in [0.5, 0.6) is 0 Å². The molecule has 2 rings (SSSR count). The largest absolute Gasteiger partial charge is 0.439 e. The van der Waals surface area contributed by atoms with Gasteiger partial charge in [-0.05, 0) is 68.8 Å². The maximum absolute atomic E-state index is 13.9. The Kier molecular flexibility index (Phi) is 5.42. The number of aryl methyl sites for hydroxylation is 2. The average Bonchev–Trinajstić information content (AvgIpc) is 2.85. The molecule has 1 heterocycles. The summed E-state index contributed by atoms with van der Waals surface area (Å²) < 4.78 is 19.3. The Morgan fingerprint density at radius 1 is 1.38 bits per heavy atom. The molecule has 114 valence electrons. The lowest BCUT2D eigenvalue weighted by atomic mass is 10.1. The number of rotatable bonds is 6. The third kappa shape index (κ3) is 4.08. The van der Waals surface area contributed by atoms with Crippen molar-refractivity contribution in [2.75, 3.05) is 6.54 Å². The van der Waals surface area contributed by atoms with Crippen LogP contribution in [0.15, 0.2) is 32.9 Å². The van der Waals surface area contributed by atoms with Crippen LogP contribution in [0.4, 0.5) is 4.39 Å². The van der Waals surface area contributed by atoms with Crippen molar-refractivity contribution < 1.29 is 8.81 Å². The lowest BCUT2D eigenvalue weighted by molar-refractivity contribution is 0.453. The molecular weight excluding hydrogens is 287 g/mol. The van der Waals surface area contributed by atoms with E-state index in [0.717, 1.165) is 29.1 Å². The minimum Gasteiger partial charge on any atom is -0.439 e. The number of halogens is 1. The van der Waals surface area contributed by atoms with Crippen LogP contribution < -0.4 is 5.32 Å². The SMILES string of the molecule is CCCNC(C)c1cc(F)c(C)cc1Sc1nc(C)co1. The van der Waals surface area contributed by atoms with Crippen LogP contribution in [-0.4, -0.2) is 11.5 Å². The van der Waals surface area contributed by atoms with E-state index in [2.05, 4.69) is 17.2 Å². The molecule has 0 radical (unpaired) electrons. The Balaban J connectivity index is 2.31. The van der Waals surface area contributed by atoms with E-state index in [9.17, 15) is 4.39 Å². The highest BCUT2D eigenvalue weighted by atomic mass is 32.2. The first kappa shape index (κ1) is 16.0. The van der Waals surface area contributed by atoms with E-state index in [1.165, 1.54) is 11.8 Å². The summed E-state index contributed by atoms with van der Waals surface area (Å²) in [7, 11) is 0. The second-order valence-electron chi connectivity index (χ2n) is 5.17. The molecule has 5 heteroatoms. The average molecular weight is 308 g/mol. The zero-order valence-electron chi connectivity index (χ0n) is 12.9. The van der Waals surface area contributed by atoms with Crippen LogP contribution >= 0.6 is 11.8 Å². The summed E-state index contributed by atoms with van der Waals surface area (Å²) in [6.07, 6.45) is 2.66. The minimum atomic E-state index is -0.178. The van der Waals surface area contributed by atoms with Gasteiger partial charge in [-0.25, -0.2) is 9.37 Å². The molecule has 0 aliphatic rings. The Labute approximate surface area is 129 Å². The van der Waals surface area contributed by atoms with Crippen LogP contribution in [0.3, 0.4) is 0 Å². The van der Waals surface area contributed by atoms with E-state index in [1.54, 1.807) is 19.3 Å². The molecule has 0 saturated heterocycles. The first-order valence-electron chi connectivity index (χ1n) is 7.14. The van der Waals surface area contributed by atoms with Gasteiger partial charge in [0.2, 0.25) is 0 Å². The number of nitrogens with one attached hydrogen (secondary N) is 1. The van der Waals surface area contributed by atoms with E-state index in [-0.39, 0.29) is 11.9 Å². The number of benzene rings is 1. The zero-order valence-corrected chi connectivity index (χ0v) is 13.7. The highest BCUT2D eigenvalue weighted by Crippen LogP contribution is 2.34. The maximum Gasteiger partial charge on any atom is 0.260 e. The summed E-state index contributed by atoms with van der Waals surface area (Å²) in [6.45, 7) is 8.72. The van der Waals surface area contributed by atoms with E-state index in [4.69, 9.17) is 4.42 Å². The lowest BCUT2D eigenvalue weighted by Gasteiger charge is -2.18. The second kappa shape index (κ2) is 7.09. The van der Waals surface area contributed by atoms with Gasteiger partial charge in [0.25, 0.3) is 5.22 Å². The molecule has 2 aromatic rings. The summed E-state index contributed by atoms with van der Waals surface area (Å²) in [4.78, 5) is 5.28. The van der Waals surface area contributed by atoms with Gasteiger partial charge in [-0.2, -0.15) is 0 Å². The first-order chi connectivity index (χ1) is 10.0. The first-order valence-corrected chi connectivity index (χ1v) is 7.96. The normalized spacial score (nSPS) is 12.6. The van der Waals surface area contributed by atoms with Gasteiger partial charge in [0.05, 0.1) is 5.69 Å². The van der Waals surface area contributed by atoms with Crippen LogP contribution in [-0.2, 0) is 0 Å². The van der Waals surface area contributed by atoms with E-state index in [1.807, 2.05) is 19.9 Å². The quantitative estimate of drug-likeness (QED) is 0.843. The van der Waals surface area contributed by atoms with Crippen LogP contribution in [0, 0.1) is 19.7 Å². The third-order valence-electron chi connectivity index (χ3n) is 3.25. The summed E-state index contributed by atoms with van der Waals surface area (Å²) in [5.74, 6) is -0.178. The van der Waals surface area contributed by atoms with Crippen molar-refractivity contribution in [3.8, 4) is 0 Å². The number of hydrogen-bond donors (Lipinski definition) is 1. The van der Waals surface area contributed by atoms with Crippen molar-refractivity contribution in [2.45, 2.75) is 50.3 Å². The summed E-state index contributed by atoms with van der Waals surface area (Å²) in [6, 6.07) is 3.55. The predicted molar refractivity (Wildman–Crippen MR) is 83.2 cm³/mol. The lowest BCUT2D eigenvalue weighted by Crippen LogP contribution is -2.20. The molecule has 1 aromatic carbocycles. The Bertz CT molecular complexity index is 612. The van der Waals surface area contributed by atoms with Crippen molar-refractivity contribution >= 4 is 11.8 Å². The maximum atomic E-state index is 13.9. The van der Waals surface area contributed by atoms with Crippen LogP contribution in [0.2, 0.25) is 0 Å². The van der Waals surface area contributed by atoms with Crippen molar-refractivity contribution in [1.82, 2.24) is 10.3 Å². The zero-order chi connectivity index (χ0) is 15.4. The summed E-state index contributed by atoms with van der Waals surface area (Å²) in [5.41, 5.74) is 2.41. The van der Waals surface area contributed by atoms with Gasteiger partial charge < -0.3 is 9.73 Å². The highest BCUT2D eigenvalue weighted by Gasteiger charge is 2.16. The van der Waals surface area contributed by atoms with Gasteiger partial charge >= 0.3 is 0 Å². The number of aromatic nitrogens is 1. The highest BCUT2D eigenvalue weighted by molar-refractivity contribution is 7.99. The van der Waals surface area contributed by atoms with Gasteiger partial charge in [0, 0.05) is 10.9 Å². The van der Waals surface area contributed by atoms with Gasteiger partial charge in [-0.1, -0.05) is 6.92 Å². The monoisotopic (exact) mass is 308 g/mol. The number of oxazole rings is 1. The van der Waals surface area contributed by atoms with Gasteiger partial charge in [-0.3, -0.25) is 0 Å². The Morgan fingerprint density at radius 2 is 2.14 bits per heavy atom. The molecule has 1 N–H and O–H groups in total. The van der Waals surface area contributed by atoms with Gasteiger partial charge in [0.15, 0.2) is 0 Å². The molecule has 0 fully saturated rings.